The second-order valence-electron chi connectivity index (χ2n) is 9.64. The molecule has 0 aliphatic rings. The van der Waals surface area contributed by atoms with Crippen LogP contribution in [0.15, 0.2) is 73.4 Å². The van der Waals surface area contributed by atoms with Gasteiger partial charge in [0.15, 0.2) is 5.82 Å². The van der Waals surface area contributed by atoms with E-state index in [0.29, 0.717) is 18.9 Å². The molecule has 184 valence electrons. The molecule has 0 saturated heterocycles. The van der Waals surface area contributed by atoms with Crippen LogP contribution >= 0.6 is 0 Å². The number of carbonyl (C=O) groups is 1. The number of amides is 1. The molecule has 0 fully saturated rings. The first kappa shape index (κ1) is 23.3. The van der Waals surface area contributed by atoms with Gasteiger partial charge in [-0.3, -0.25) is 4.98 Å². The summed E-state index contributed by atoms with van der Waals surface area (Å²) in [7, 11) is 0. The highest BCUT2D eigenvalue weighted by Gasteiger charge is 2.15. The van der Waals surface area contributed by atoms with E-state index in [9.17, 15) is 4.79 Å². The molecular weight excluding hydrogens is 454 g/mol. The lowest BCUT2D eigenvalue weighted by molar-refractivity contribution is 0.134. The van der Waals surface area contributed by atoms with Crippen LogP contribution in [0, 0.1) is 0 Å². The number of pyridine rings is 1. The summed E-state index contributed by atoms with van der Waals surface area (Å²) < 4.78 is 9.53. The van der Waals surface area contributed by atoms with E-state index in [-0.39, 0.29) is 12.1 Å². The highest BCUT2D eigenvalue weighted by molar-refractivity contribution is 5.90. The Morgan fingerprint density at radius 3 is 2.67 bits per heavy atom. The summed E-state index contributed by atoms with van der Waals surface area (Å²) in [4.78, 5) is 25.3. The molecule has 0 spiro atoms. The van der Waals surface area contributed by atoms with E-state index < -0.39 is 6.09 Å². The molecule has 1 aromatic carbocycles. The van der Waals surface area contributed by atoms with Gasteiger partial charge in [0, 0.05) is 40.7 Å². The van der Waals surface area contributed by atoms with Crippen molar-refractivity contribution in [3.63, 3.8) is 0 Å². The van der Waals surface area contributed by atoms with E-state index >= 15 is 0 Å². The van der Waals surface area contributed by atoms with E-state index in [4.69, 9.17) is 4.74 Å². The number of ether oxygens (including phenoxy) is 1. The Morgan fingerprint density at radius 1 is 1.00 bits per heavy atom. The van der Waals surface area contributed by atoms with E-state index in [0.717, 1.165) is 33.3 Å². The quantitative estimate of drug-likeness (QED) is 0.334. The predicted molar refractivity (Wildman–Crippen MR) is 140 cm³/mol. The molecular formula is C27H29N7O2. The van der Waals surface area contributed by atoms with Crippen molar-refractivity contribution in [2.45, 2.75) is 39.4 Å². The zero-order chi connectivity index (χ0) is 25.1. The molecule has 9 nitrogen and oxygen atoms in total. The molecule has 0 saturated carbocycles. The minimum atomic E-state index is -0.433. The number of anilines is 2. The highest BCUT2D eigenvalue weighted by Crippen LogP contribution is 2.27. The second-order valence-corrected chi connectivity index (χ2v) is 9.64. The molecule has 36 heavy (non-hydrogen) atoms. The van der Waals surface area contributed by atoms with Gasteiger partial charge in [0.05, 0.1) is 24.3 Å². The van der Waals surface area contributed by atoms with Crippen LogP contribution in [0.1, 0.15) is 26.5 Å². The summed E-state index contributed by atoms with van der Waals surface area (Å²) in [5.74, 6) is 0.691. The van der Waals surface area contributed by atoms with Gasteiger partial charge in [0.25, 0.3) is 0 Å². The van der Waals surface area contributed by atoms with Crippen LogP contribution in [0.5, 0.6) is 0 Å². The van der Waals surface area contributed by atoms with E-state index in [1.807, 2.05) is 68.1 Å². The average molecular weight is 484 g/mol. The van der Waals surface area contributed by atoms with Gasteiger partial charge in [0.1, 0.15) is 18.5 Å². The number of hydrogen-bond acceptors (Lipinski definition) is 6. The van der Waals surface area contributed by atoms with Gasteiger partial charge < -0.3 is 24.5 Å². The molecule has 5 rings (SSSR count). The van der Waals surface area contributed by atoms with Crippen molar-refractivity contribution in [1.82, 2.24) is 29.4 Å². The largest absolute Gasteiger partial charge is 0.448 e. The Bertz CT molecular complexity index is 1500. The molecule has 9 heteroatoms. The normalized spacial score (nSPS) is 11.6. The van der Waals surface area contributed by atoms with Crippen LogP contribution in [0.3, 0.4) is 0 Å². The summed E-state index contributed by atoms with van der Waals surface area (Å²) in [6, 6.07) is 16.2. The Kier molecular flexibility index (Phi) is 6.28. The number of nitrogens with zero attached hydrogens (tertiary/aromatic N) is 5. The molecule has 1 amide bonds. The molecule has 0 unspecified atom stereocenters. The van der Waals surface area contributed by atoms with Gasteiger partial charge in [-0.1, -0.05) is 6.07 Å². The third-order valence-electron chi connectivity index (χ3n) is 5.68. The summed E-state index contributed by atoms with van der Waals surface area (Å²) in [5, 5.41) is 7.36. The van der Waals surface area contributed by atoms with Crippen molar-refractivity contribution in [1.29, 1.82) is 0 Å². The van der Waals surface area contributed by atoms with Gasteiger partial charge in [-0.25, -0.2) is 14.8 Å². The third kappa shape index (κ3) is 5.30. The van der Waals surface area contributed by atoms with Crippen LogP contribution in [0.2, 0.25) is 0 Å². The fourth-order valence-corrected chi connectivity index (χ4v) is 4.11. The molecule has 0 atom stereocenters. The van der Waals surface area contributed by atoms with Crippen molar-refractivity contribution in [3.8, 4) is 0 Å². The second kappa shape index (κ2) is 9.69. The number of rotatable bonds is 7. The van der Waals surface area contributed by atoms with Crippen molar-refractivity contribution in [2.75, 3.05) is 11.9 Å². The monoisotopic (exact) mass is 483 g/mol. The Labute approximate surface area is 209 Å². The lowest BCUT2D eigenvalue weighted by Gasteiger charge is -2.20. The number of hydrogen-bond donors (Lipinski definition) is 2. The first-order valence-corrected chi connectivity index (χ1v) is 11.9. The lowest BCUT2D eigenvalue weighted by Crippen LogP contribution is -2.41. The zero-order valence-corrected chi connectivity index (χ0v) is 20.6. The van der Waals surface area contributed by atoms with Crippen molar-refractivity contribution in [2.24, 2.45) is 0 Å². The summed E-state index contributed by atoms with van der Waals surface area (Å²) >= 11 is 0. The van der Waals surface area contributed by atoms with Crippen molar-refractivity contribution >= 4 is 39.5 Å². The van der Waals surface area contributed by atoms with Crippen LogP contribution < -0.4 is 10.6 Å². The maximum atomic E-state index is 12.0. The smallest absolute Gasteiger partial charge is 0.407 e. The SMILES string of the molecule is CC(C)(C)NC(=O)OCCn1ccc2ncnc(Nc3ccc4c(ccn4Cc4ccccn4)c3)c21. The van der Waals surface area contributed by atoms with Crippen LogP contribution in [-0.2, 0) is 17.8 Å². The molecule has 0 aliphatic carbocycles. The van der Waals surface area contributed by atoms with Crippen LogP contribution in [0.25, 0.3) is 21.9 Å². The first-order valence-electron chi connectivity index (χ1n) is 11.9. The summed E-state index contributed by atoms with van der Waals surface area (Å²) in [6.45, 7) is 7.17. The first-order chi connectivity index (χ1) is 17.4. The Balaban J connectivity index is 1.32. The molecule has 0 aliphatic heterocycles. The number of fused-ring (bicyclic) bond motifs is 2. The Hall–Kier alpha value is -4.40. The molecule has 0 bridgehead atoms. The van der Waals surface area contributed by atoms with Crippen molar-refractivity contribution in [3.05, 3.63) is 79.1 Å². The number of alkyl carbamates (subject to hydrolysis) is 1. The van der Waals surface area contributed by atoms with Gasteiger partial charge in [-0.15, -0.1) is 0 Å². The summed E-state index contributed by atoms with van der Waals surface area (Å²) in [6.07, 6.45) is 6.93. The van der Waals surface area contributed by atoms with Gasteiger partial charge >= 0.3 is 6.09 Å². The maximum Gasteiger partial charge on any atom is 0.407 e. The highest BCUT2D eigenvalue weighted by atomic mass is 16.5. The van der Waals surface area contributed by atoms with E-state index in [1.54, 1.807) is 6.33 Å². The van der Waals surface area contributed by atoms with E-state index in [2.05, 4.69) is 54.5 Å². The average Bonchev–Trinajstić information content (AvgIpc) is 3.43. The lowest BCUT2D eigenvalue weighted by atomic mass is 10.1. The summed E-state index contributed by atoms with van der Waals surface area (Å²) in [5.41, 5.74) is 4.39. The Morgan fingerprint density at radius 2 is 1.86 bits per heavy atom. The standard InChI is InChI=1S/C27H29N7O2/c1-27(2,3)32-26(35)36-15-14-33-13-10-22-24(33)25(30-18-29-22)31-20-7-8-23-19(16-20)9-12-34(23)17-21-6-4-5-11-28-21/h4-13,16,18H,14-15,17H2,1-3H3,(H,32,35)(H,29,30,31). The van der Waals surface area contributed by atoms with Gasteiger partial charge in [-0.05, 0) is 63.2 Å². The molecule has 2 N–H and O–H groups in total. The van der Waals surface area contributed by atoms with Crippen LogP contribution in [0.4, 0.5) is 16.3 Å². The number of aromatic nitrogens is 5. The minimum Gasteiger partial charge on any atom is -0.448 e. The topological polar surface area (TPSA) is 98.9 Å². The van der Waals surface area contributed by atoms with Crippen molar-refractivity contribution < 1.29 is 9.53 Å². The van der Waals surface area contributed by atoms with Crippen LogP contribution in [-0.4, -0.2) is 42.3 Å². The number of carbonyl (C=O) groups excluding carboxylic acids is 1. The molecule has 0 radical (unpaired) electrons. The van der Waals surface area contributed by atoms with Gasteiger partial charge in [0.2, 0.25) is 0 Å². The zero-order valence-electron chi connectivity index (χ0n) is 20.6. The minimum absolute atomic E-state index is 0.232. The third-order valence-corrected chi connectivity index (χ3v) is 5.68. The fraction of sp³-hybridized carbons (Fsp3) is 0.259. The predicted octanol–water partition coefficient (Wildman–Crippen LogP) is 5.10. The molecule has 4 aromatic heterocycles. The maximum absolute atomic E-state index is 12.0. The van der Waals surface area contributed by atoms with E-state index in [1.165, 1.54) is 0 Å². The fourth-order valence-electron chi connectivity index (χ4n) is 4.11. The number of benzene rings is 1. The molecule has 4 heterocycles. The van der Waals surface area contributed by atoms with Gasteiger partial charge in [-0.2, -0.15) is 0 Å². The number of nitrogens with one attached hydrogen (secondary N) is 2. The molecule has 5 aromatic rings.